The lowest BCUT2D eigenvalue weighted by atomic mass is 9.97. The molecule has 0 aromatic heterocycles. The van der Waals surface area contributed by atoms with Crippen LogP contribution in [0, 0.1) is 15.5 Å². The van der Waals surface area contributed by atoms with Crippen LogP contribution in [0.15, 0.2) is 48.5 Å². The van der Waals surface area contributed by atoms with Crippen LogP contribution in [0.4, 0.5) is 5.69 Å². The number of benzene rings is 3. The predicted molar refractivity (Wildman–Crippen MR) is 99.0 cm³/mol. The third kappa shape index (κ3) is 2.96. The maximum atomic E-state index is 11.4. The van der Waals surface area contributed by atoms with Crippen LogP contribution in [0.5, 0.6) is 0 Å². The number of nitrogens with zero attached hydrogens (tertiary/aromatic N) is 1. The topological polar surface area (TPSA) is 130 Å². The van der Waals surface area contributed by atoms with Gasteiger partial charge in [-0.15, -0.1) is 0 Å². The van der Waals surface area contributed by atoms with Crippen LogP contribution in [0.3, 0.4) is 0 Å². The summed E-state index contributed by atoms with van der Waals surface area (Å²) >= 11 is 6.18. The van der Waals surface area contributed by atoms with Crippen molar-refractivity contribution in [2.45, 2.75) is 0 Å². The Bertz CT molecular complexity index is 1100. The molecule has 0 saturated carbocycles. The Balaban J connectivity index is 2.26. The van der Waals surface area contributed by atoms with Gasteiger partial charge >= 0.3 is 5.97 Å². The van der Waals surface area contributed by atoms with Crippen molar-refractivity contribution in [1.29, 1.82) is 5.41 Å². The van der Waals surface area contributed by atoms with Gasteiger partial charge in [0, 0.05) is 11.6 Å². The molecule has 0 aliphatic carbocycles. The largest absolute Gasteiger partial charge is 0.478 e. The van der Waals surface area contributed by atoms with Gasteiger partial charge in [-0.2, -0.15) is 0 Å². The first-order chi connectivity index (χ1) is 12.3. The quantitative estimate of drug-likeness (QED) is 0.276. The summed E-state index contributed by atoms with van der Waals surface area (Å²) < 4.78 is 0. The molecule has 0 radical (unpaired) electrons. The van der Waals surface area contributed by atoms with E-state index in [1.165, 1.54) is 0 Å². The molecule has 26 heavy (non-hydrogen) atoms. The monoisotopic (exact) mass is 369 g/mol. The van der Waals surface area contributed by atoms with E-state index < -0.39 is 10.9 Å². The van der Waals surface area contributed by atoms with Crippen LogP contribution < -0.4 is 5.73 Å². The second kappa shape index (κ2) is 6.45. The summed E-state index contributed by atoms with van der Waals surface area (Å²) in [5, 5.41) is 29.4. The molecule has 0 unspecified atom stereocenters. The number of carboxylic acid groups (broad SMARTS) is 1. The summed E-state index contributed by atoms with van der Waals surface area (Å²) in [6.45, 7) is 0. The van der Waals surface area contributed by atoms with Crippen molar-refractivity contribution in [2.24, 2.45) is 5.73 Å². The fourth-order valence-corrected chi connectivity index (χ4v) is 3.08. The SMILES string of the molecule is N=C(N)c1ccc2cc(-c3c([N+](=O)[O-])ccc(C(=O)O)c3Cl)ccc2c1. The van der Waals surface area contributed by atoms with E-state index in [2.05, 4.69) is 0 Å². The molecule has 0 saturated heterocycles. The van der Waals surface area contributed by atoms with Gasteiger partial charge in [-0.1, -0.05) is 35.9 Å². The average Bonchev–Trinajstić information content (AvgIpc) is 2.59. The molecule has 4 N–H and O–H groups in total. The number of nitro benzene ring substituents is 1. The fourth-order valence-electron chi connectivity index (χ4n) is 2.73. The van der Waals surface area contributed by atoms with Gasteiger partial charge < -0.3 is 10.8 Å². The van der Waals surface area contributed by atoms with E-state index in [0.717, 1.165) is 22.9 Å². The van der Waals surface area contributed by atoms with Crippen LogP contribution in [0.1, 0.15) is 15.9 Å². The Labute approximate surface area is 152 Å². The Morgan fingerprint density at radius 1 is 1.12 bits per heavy atom. The summed E-state index contributed by atoms with van der Waals surface area (Å²) in [4.78, 5) is 22.1. The minimum atomic E-state index is -1.27. The van der Waals surface area contributed by atoms with Crippen molar-refractivity contribution in [1.82, 2.24) is 0 Å². The molecular formula is C18H12ClN3O4. The molecule has 3 aromatic rings. The highest BCUT2D eigenvalue weighted by molar-refractivity contribution is 6.36. The minimum absolute atomic E-state index is 0.0501. The van der Waals surface area contributed by atoms with E-state index in [9.17, 15) is 20.0 Å². The third-order valence-electron chi connectivity index (χ3n) is 3.99. The molecule has 0 atom stereocenters. The number of hydrogen-bond acceptors (Lipinski definition) is 4. The molecule has 0 aliphatic heterocycles. The summed E-state index contributed by atoms with van der Waals surface area (Å²) in [5.74, 6) is -1.33. The standard InChI is InChI=1S/C18H12ClN3O4/c19-16-13(18(23)24)5-6-14(22(25)26)15(16)11-3-1-10-8-12(17(20)21)4-2-9(10)7-11/h1-8H,(H3,20,21)(H,23,24). The lowest BCUT2D eigenvalue weighted by molar-refractivity contribution is -0.384. The molecule has 0 heterocycles. The maximum Gasteiger partial charge on any atom is 0.337 e. The van der Waals surface area contributed by atoms with Gasteiger partial charge in [-0.25, -0.2) is 4.79 Å². The number of amidine groups is 1. The molecule has 0 bridgehead atoms. The Morgan fingerprint density at radius 3 is 2.38 bits per heavy atom. The van der Waals surface area contributed by atoms with Gasteiger partial charge in [0.2, 0.25) is 0 Å². The zero-order chi connectivity index (χ0) is 19.0. The number of nitrogen functional groups attached to an aromatic ring is 1. The second-order valence-electron chi connectivity index (χ2n) is 5.57. The van der Waals surface area contributed by atoms with Crippen molar-refractivity contribution in [2.75, 3.05) is 0 Å². The van der Waals surface area contributed by atoms with E-state index in [1.807, 2.05) is 0 Å². The minimum Gasteiger partial charge on any atom is -0.478 e. The smallest absolute Gasteiger partial charge is 0.337 e. The lowest BCUT2D eigenvalue weighted by Gasteiger charge is -2.10. The van der Waals surface area contributed by atoms with E-state index in [1.54, 1.807) is 36.4 Å². The lowest BCUT2D eigenvalue weighted by Crippen LogP contribution is -2.10. The van der Waals surface area contributed by atoms with Crippen LogP contribution in [0.25, 0.3) is 21.9 Å². The van der Waals surface area contributed by atoms with Crippen molar-refractivity contribution < 1.29 is 14.8 Å². The molecule has 0 spiro atoms. The Morgan fingerprint density at radius 2 is 1.77 bits per heavy atom. The number of hydrogen-bond donors (Lipinski definition) is 3. The predicted octanol–water partition coefficient (Wildman–Crippen LogP) is 4.05. The van der Waals surface area contributed by atoms with E-state index in [4.69, 9.17) is 22.7 Å². The van der Waals surface area contributed by atoms with Crippen molar-refractivity contribution >= 4 is 39.9 Å². The van der Waals surface area contributed by atoms with Gasteiger partial charge in [-0.3, -0.25) is 15.5 Å². The first kappa shape index (κ1) is 17.4. The highest BCUT2D eigenvalue weighted by Gasteiger charge is 2.24. The first-order valence-corrected chi connectivity index (χ1v) is 7.76. The molecule has 0 amide bonds. The van der Waals surface area contributed by atoms with Crippen LogP contribution >= 0.6 is 11.6 Å². The van der Waals surface area contributed by atoms with E-state index in [-0.39, 0.29) is 27.7 Å². The Hall–Kier alpha value is -3.45. The van der Waals surface area contributed by atoms with E-state index in [0.29, 0.717) is 11.1 Å². The zero-order valence-corrected chi connectivity index (χ0v) is 13.9. The molecule has 3 rings (SSSR count). The summed E-state index contributed by atoms with van der Waals surface area (Å²) in [7, 11) is 0. The van der Waals surface area contributed by atoms with Crippen LogP contribution in [-0.2, 0) is 0 Å². The summed E-state index contributed by atoms with van der Waals surface area (Å²) in [5.41, 5.74) is 6.02. The number of carbonyl (C=O) groups is 1. The van der Waals surface area contributed by atoms with Gasteiger partial charge in [0.15, 0.2) is 0 Å². The molecule has 0 fully saturated rings. The van der Waals surface area contributed by atoms with Gasteiger partial charge in [-0.05, 0) is 34.5 Å². The molecule has 7 nitrogen and oxygen atoms in total. The molecule has 0 aliphatic rings. The van der Waals surface area contributed by atoms with Crippen LogP contribution in [-0.4, -0.2) is 21.8 Å². The highest BCUT2D eigenvalue weighted by Crippen LogP contribution is 2.39. The third-order valence-corrected chi connectivity index (χ3v) is 4.38. The molecule has 8 heteroatoms. The number of nitrogens with two attached hydrogens (primary N) is 1. The molecule has 3 aromatic carbocycles. The summed E-state index contributed by atoms with van der Waals surface area (Å²) in [6, 6.07) is 12.4. The highest BCUT2D eigenvalue weighted by atomic mass is 35.5. The second-order valence-corrected chi connectivity index (χ2v) is 5.95. The number of halogens is 1. The number of carboxylic acids is 1. The zero-order valence-electron chi connectivity index (χ0n) is 13.2. The normalized spacial score (nSPS) is 10.7. The number of fused-ring (bicyclic) bond motifs is 1. The first-order valence-electron chi connectivity index (χ1n) is 7.38. The Kier molecular flexibility index (Phi) is 4.31. The number of nitro groups is 1. The van der Waals surface area contributed by atoms with Crippen molar-refractivity contribution in [3.8, 4) is 11.1 Å². The average molecular weight is 370 g/mol. The van der Waals surface area contributed by atoms with Gasteiger partial charge in [0.1, 0.15) is 5.84 Å². The number of nitrogens with one attached hydrogen (secondary N) is 1. The molecule has 130 valence electrons. The van der Waals surface area contributed by atoms with Gasteiger partial charge in [0.05, 0.1) is 21.1 Å². The van der Waals surface area contributed by atoms with E-state index >= 15 is 0 Å². The number of rotatable bonds is 4. The van der Waals surface area contributed by atoms with Crippen molar-refractivity contribution in [3.05, 3.63) is 74.8 Å². The van der Waals surface area contributed by atoms with Crippen molar-refractivity contribution in [3.63, 3.8) is 0 Å². The summed E-state index contributed by atoms with van der Waals surface area (Å²) in [6.07, 6.45) is 0. The fraction of sp³-hybridized carbons (Fsp3) is 0. The molecular weight excluding hydrogens is 358 g/mol. The van der Waals surface area contributed by atoms with Gasteiger partial charge in [0.25, 0.3) is 5.69 Å². The maximum absolute atomic E-state index is 11.4. The number of aromatic carboxylic acids is 1. The van der Waals surface area contributed by atoms with Crippen LogP contribution in [0.2, 0.25) is 5.02 Å².